The second kappa shape index (κ2) is 11.2. The van der Waals surface area contributed by atoms with E-state index >= 15 is 0 Å². The van der Waals surface area contributed by atoms with E-state index in [9.17, 15) is 4.79 Å². The van der Waals surface area contributed by atoms with E-state index in [4.69, 9.17) is 26.4 Å². The lowest BCUT2D eigenvalue weighted by atomic mass is 10.2. The van der Waals surface area contributed by atoms with Crippen LogP contribution in [0.4, 0.5) is 5.69 Å². The summed E-state index contributed by atoms with van der Waals surface area (Å²) in [6.45, 7) is 3.65. The molecule has 0 aliphatic rings. The summed E-state index contributed by atoms with van der Waals surface area (Å²) in [5.41, 5.74) is 1.22. The molecule has 7 heteroatoms. The Morgan fingerprint density at radius 1 is 1.00 bits per heavy atom. The molecule has 1 amide bonds. The molecule has 0 aliphatic carbocycles. The first kappa shape index (κ1) is 20.7. The number of rotatable bonds is 9. The number of carbonyl (C=O) groups is 1. The van der Waals surface area contributed by atoms with Gasteiger partial charge in [-0.1, -0.05) is 13.0 Å². The van der Waals surface area contributed by atoms with Gasteiger partial charge in [-0.05, 0) is 55.0 Å². The monoisotopic (exact) mass is 388 g/mol. The van der Waals surface area contributed by atoms with Gasteiger partial charge < -0.3 is 19.5 Å². The molecule has 0 saturated heterocycles. The maximum absolute atomic E-state index is 12.3. The lowest BCUT2D eigenvalue weighted by Gasteiger charge is -2.12. The molecule has 2 aromatic rings. The summed E-state index contributed by atoms with van der Waals surface area (Å²) >= 11 is 5.22. The number of hydrogen-bond donors (Lipinski definition) is 2. The van der Waals surface area contributed by atoms with Crippen molar-refractivity contribution in [3.8, 4) is 11.5 Å². The number of nitrogens with one attached hydrogen (secondary N) is 2. The first-order valence-corrected chi connectivity index (χ1v) is 9.10. The Bertz CT molecular complexity index is 750. The van der Waals surface area contributed by atoms with Crippen molar-refractivity contribution in [3.63, 3.8) is 0 Å². The summed E-state index contributed by atoms with van der Waals surface area (Å²) in [5, 5.41) is 5.84. The van der Waals surface area contributed by atoms with Crippen LogP contribution in [0.25, 0.3) is 0 Å². The van der Waals surface area contributed by atoms with Gasteiger partial charge in [-0.15, -0.1) is 0 Å². The van der Waals surface area contributed by atoms with Gasteiger partial charge in [-0.25, -0.2) is 0 Å². The van der Waals surface area contributed by atoms with Gasteiger partial charge in [0.2, 0.25) is 0 Å². The number of anilines is 1. The number of hydrogen-bond acceptors (Lipinski definition) is 5. The van der Waals surface area contributed by atoms with Crippen LogP contribution in [0.15, 0.2) is 48.5 Å². The molecule has 27 heavy (non-hydrogen) atoms. The standard InChI is InChI=1S/C20H24N2O4S/c1-3-11-25-17-9-7-15(8-10-17)19(23)22-20(27)21-16-5-4-6-18(14-16)26-13-12-24-2/h4-10,14H,3,11-13H2,1-2H3,(H2,21,22,23,27). The Morgan fingerprint density at radius 2 is 1.74 bits per heavy atom. The minimum Gasteiger partial charge on any atom is -0.494 e. The zero-order valence-electron chi connectivity index (χ0n) is 15.5. The third-order valence-corrected chi connectivity index (χ3v) is 3.67. The molecule has 2 rings (SSSR count). The topological polar surface area (TPSA) is 68.8 Å². The predicted octanol–water partition coefficient (Wildman–Crippen LogP) is 3.63. The van der Waals surface area contributed by atoms with Crippen molar-refractivity contribution in [2.45, 2.75) is 13.3 Å². The fourth-order valence-corrected chi connectivity index (χ4v) is 2.38. The molecule has 0 unspecified atom stereocenters. The maximum Gasteiger partial charge on any atom is 0.257 e. The average Bonchev–Trinajstić information content (AvgIpc) is 2.67. The highest BCUT2D eigenvalue weighted by molar-refractivity contribution is 7.80. The summed E-state index contributed by atoms with van der Waals surface area (Å²) in [6, 6.07) is 14.2. The second-order valence-corrected chi connectivity index (χ2v) is 6.06. The zero-order valence-corrected chi connectivity index (χ0v) is 16.3. The highest BCUT2D eigenvalue weighted by atomic mass is 32.1. The molecule has 0 heterocycles. The maximum atomic E-state index is 12.3. The van der Waals surface area contributed by atoms with Crippen LogP contribution in [0.2, 0.25) is 0 Å². The largest absolute Gasteiger partial charge is 0.494 e. The van der Waals surface area contributed by atoms with Gasteiger partial charge in [0.15, 0.2) is 5.11 Å². The number of benzene rings is 2. The molecule has 0 spiro atoms. The number of ether oxygens (including phenoxy) is 3. The zero-order chi connectivity index (χ0) is 19.5. The number of thiocarbonyl (C=S) groups is 1. The SMILES string of the molecule is CCCOc1ccc(C(=O)NC(=S)Nc2cccc(OCCOC)c2)cc1. The molecule has 6 nitrogen and oxygen atoms in total. The first-order chi connectivity index (χ1) is 13.1. The average molecular weight is 388 g/mol. The van der Waals surface area contributed by atoms with Crippen LogP contribution in [0.5, 0.6) is 11.5 Å². The van der Waals surface area contributed by atoms with Crippen molar-refractivity contribution in [2.24, 2.45) is 0 Å². The van der Waals surface area contributed by atoms with Crippen molar-refractivity contribution in [1.29, 1.82) is 0 Å². The van der Waals surface area contributed by atoms with Gasteiger partial charge in [0.25, 0.3) is 5.91 Å². The van der Waals surface area contributed by atoms with E-state index in [2.05, 4.69) is 10.6 Å². The van der Waals surface area contributed by atoms with Crippen LogP contribution in [-0.4, -0.2) is 38.0 Å². The molecular formula is C20H24N2O4S. The number of carbonyl (C=O) groups excluding carboxylic acids is 1. The van der Waals surface area contributed by atoms with Gasteiger partial charge >= 0.3 is 0 Å². The molecule has 0 saturated carbocycles. The Hall–Kier alpha value is -2.64. The molecule has 0 bridgehead atoms. The van der Waals surface area contributed by atoms with E-state index in [1.54, 1.807) is 37.4 Å². The molecular weight excluding hydrogens is 364 g/mol. The molecule has 0 fully saturated rings. The van der Waals surface area contributed by atoms with E-state index in [0.717, 1.165) is 17.9 Å². The highest BCUT2D eigenvalue weighted by Crippen LogP contribution is 2.17. The summed E-state index contributed by atoms with van der Waals surface area (Å²) in [7, 11) is 1.62. The summed E-state index contributed by atoms with van der Waals surface area (Å²) in [5.74, 6) is 1.13. The van der Waals surface area contributed by atoms with Crippen LogP contribution in [0, 0.1) is 0 Å². The third kappa shape index (κ3) is 7.24. The van der Waals surface area contributed by atoms with Gasteiger partial charge in [0.1, 0.15) is 18.1 Å². The van der Waals surface area contributed by atoms with Crippen LogP contribution in [0.1, 0.15) is 23.7 Å². The smallest absolute Gasteiger partial charge is 0.257 e. The minimum absolute atomic E-state index is 0.209. The van der Waals surface area contributed by atoms with Crippen LogP contribution in [-0.2, 0) is 4.74 Å². The van der Waals surface area contributed by atoms with E-state index in [0.29, 0.717) is 31.1 Å². The molecule has 0 radical (unpaired) electrons. The van der Waals surface area contributed by atoms with E-state index < -0.39 is 0 Å². The highest BCUT2D eigenvalue weighted by Gasteiger charge is 2.08. The molecule has 144 valence electrons. The van der Waals surface area contributed by atoms with E-state index in [1.165, 1.54) is 0 Å². The summed E-state index contributed by atoms with van der Waals surface area (Å²) < 4.78 is 16.0. The lowest BCUT2D eigenvalue weighted by molar-refractivity contribution is 0.0977. The van der Waals surface area contributed by atoms with E-state index in [1.807, 2.05) is 25.1 Å². The fourth-order valence-electron chi connectivity index (χ4n) is 2.17. The molecule has 2 aromatic carbocycles. The van der Waals surface area contributed by atoms with Crippen molar-refractivity contribution < 1.29 is 19.0 Å². The number of amides is 1. The van der Waals surface area contributed by atoms with Gasteiger partial charge in [-0.2, -0.15) is 0 Å². The molecule has 0 aromatic heterocycles. The predicted molar refractivity (Wildman–Crippen MR) is 110 cm³/mol. The van der Waals surface area contributed by atoms with Gasteiger partial charge in [-0.3, -0.25) is 10.1 Å². The third-order valence-electron chi connectivity index (χ3n) is 3.46. The molecule has 0 atom stereocenters. The van der Waals surface area contributed by atoms with Crippen molar-refractivity contribution in [1.82, 2.24) is 5.32 Å². The van der Waals surface area contributed by atoms with Crippen LogP contribution < -0.4 is 20.1 Å². The Kier molecular flexibility index (Phi) is 8.54. The number of methoxy groups -OCH3 is 1. The lowest BCUT2D eigenvalue weighted by Crippen LogP contribution is -2.34. The minimum atomic E-state index is -0.290. The Labute approximate surface area is 164 Å². The summed E-state index contributed by atoms with van der Waals surface area (Å²) in [4.78, 5) is 12.3. The van der Waals surface area contributed by atoms with Crippen LogP contribution >= 0.6 is 12.2 Å². The first-order valence-electron chi connectivity index (χ1n) is 8.69. The fraction of sp³-hybridized carbons (Fsp3) is 0.300. The normalized spacial score (nSPS) is 10.1. The van der Waals surface area contributed by atoms with E-state index in [-0.39, 0.29) is 11.0 Å². The van der Waals surface area contributed by atoms with Crippen molar-refractivity contribution in [2.75, 3.05) is 32.2 Å². The molecule has 0 aliphatic heterocycles. The summed E-state index contributed by atoms with van der Waals surface area (Å²) in [6.07, 6.45) is 0.931. The quantitative estimate of drug-likeness (QED) is 0.505. The second-order valence-electron chi connectivity index (χ2n) is 5.65. The Balaban J connectivity index is 1.87. The van der Waals surface area contributed by atoms with Crippen molar-refractivity contribution in [3.05, 3.63) is 54.1 Å². The van der Waals surface area contributed by atoms with Gasteiger partial charge in [0, 0.05) is 24.4 Å². The van der Waals surface area contributed by atoms with Crippen LogP contribution in [0.3, 0.4) is 0 Å². The Morgan fingerprint density at radius 3 is 2.44 bits per heavy atom. The van der Waals surface area contributed by atoms with Gasteiger partial charge in [0.05, 0.1) is 13.2 Å². The molecule has 2 N–H and O–H groups in total. The van der Waals surface area contributed by atoms with Crippen molar-refractivity contribution >= 4 is 28.9 Å².